The standard InChI is InChI=1S/C22H26F2N2O3.C6H8O7/c1-14-3-6-20(25-10-14)22(27)8-7-16-12-26(13-17(16)22)11-15-4-5-18(29-21(23)24)19(9-15)28-2;7-3(8)1-6(13,5(11)12)2-4(9)10/h3-6,9-10,16-17,21,27H,7-8,11-13H2,1-2H3;13H,1-2H2,(H,7,8)(H,9,10)(H,11,12)/t16-,17+,22-;/m0./s1. The van der Waals surface area contributed by atoms with E-state index in [1.54, 1.807) is 12.1 Å². The van der Waals surface area contributed by atoms with E-state index >= 15 is 0 Å². The summed E-state index contributed by atoms with van der Waals surface area (Å²) in [7, 11) is 1.44. The molecular weight excluding hydrogens is 562 g/mol. The lowest BCUT2D eigenvalue weighted by Gasteiger charge is -2.30. The highest BCUT2D eigenvalue weighted by Crippen LogP contribution is 2.50. The van der Waals surface area contributed by atoms with Crippen LogP contribution in [-0.4, -0.2) is 85.7 Å². The Kier molecular flexibility index (Phi) is 10.4. The van der Waals surface area contributed by atoms with Crippen molar-refractivity contribution >= 4 is 17.9 Å². The molecule has 2 aromatic rings. The van der Waals surface area contributed by atoms with Crippen LogP contribution in [0.15, 0.2) is 36.5 Å². The van der Waals surface area contributed by atoms with Gasteiger partial charge in [-0.15, -0.1) is 0 Å². The number of fused-ring (bicyclic) bond motifs is 1. The first-order chi connectivity index (χ1) is 19.7. The number of likely N-dealkylation sites (tertiary alicyclic amines) is 1. The van der Waals surface area contributed by atoms with Crippen LogP contribution in [0, 0.1) is 18.8 Å². The van der Waals surface area contributed by atoms with E-state index in [0.29, 0.717) is 18.2 Å². The maximum atomic E-state index is 12.5. The lowest BCUT2D eigenvalue weighted by atomic mass is 9.85. The van der Waals surface area contributed by atoms with Gasteiger partial charge >= 0.3 is 24.5 Å². The van der Waals surface area contributed by atoms with Gasteiger partial charge < -0.3 is 35.0 Å². The Morgan fingerprint density at radius 2 is 1.76 bits per heavy atom. The van der Waals surface area contributed by atoms with Crippen molar-refractivity contribution in [2.75, 3.05) is 20.2 Å². The molecule has 2 aliphatic rings. The molecule has 4 rings (SSSR count). The predicted octanol–water partition coefficient (Wildman–Crippen LogP) is 2.48. The van der Waals surface area contributed by atoms with Crippen LogP contribution in [0.4, 0.5) is 8.78 Å². The number of benzene rings is 1. The van der Waals surface area contributed by atoms with Gasteiger partial charge in [0.1, 0.15) is 5.60 Å². The number of hydrogen-bond acceptors (Lipinski definition) is 9. The van der Waals surface area contributed by atoms with E-state index in [-0.39, 0.29) is 11.7 Å². The summed E-state index contributed by atoms with van der Waals surface area (Å²) < 4.78 is 34.7. The number of aliphatic hydroxyl groups is 2. The number of ether oxygens (including phenoxy) is 2. The maximum absolute atomic E-state index is 12.5. The summed E-state index contributed by atoms with van der Waals surface area (Å²) in [4.78, 5) is 37.3. The van der Waals surface area contributed by atoms with Crippen LogP contribution >= 0.6 is 0 Å². The average molecular weight is 597 g/mol. The number of carboxylic acid groups (broad SMARTS) is 3. The normalized spacial score (nSPS) is 21.8. The first-order valence-corrected chi connectivity index (χ1v) is 13.1. The fraction of sp³-hybridized carbons (Fsp3) is 0.500. The molecule has 2 heterocycles. The van der Waals surface area contributed by atoms with Crippen molar-refractivity contribution in [2.45, 2.75) is 57.0 Å². The molecule has 42 heavy (non-hydrogen) atoms. The zero-order chi connectivity index (χ0) is 31.2. The minimum atomic E-state index is -2.89. The van der Waals surface area contributed by atoms with Gasteiger partial charge in [-0.1, -0.05) is 12.1 Å². The molecule has 0 amide bonds. The van der Waals surface area contributed by atoms with Gasteiger partial charge in [0.2, 0.25) is 0 Å². The number of alkyl halides is 2. The molecule has 1 saturated heterocycles. The number of halogens is 2. The number of nitrogens with zero attached hydrogens (tertiary/aromatic N) is 2. The Morgan fingerprint density at radius 3 is 2.29 bits per heavy atom. The number of hydrogen-bond donors (Lipinski definition) is 5. The van der Waals surface area contributed by atoms with Gasteiger partial charge in [-0.2, -0.15) is 8.78 Å². The van der Waals surface area contributed by atoms with Crippen LogP contribution in [0.3, 0.4) is 0 Å². The zero-order valence-corrected chi connectivity index (χ0v) is 23.1. The lowest BCUT2D eigenvalue weighted by Crippen LogP contribution is -2.42. The van der Waals surface area contributed by atoms with E-state index in [1.165, 1.54) is 13.2 Å². The second-order valence-electron chi connectivity index (χ2n) is 10.6. The summed E-state index contributed by atoms with van der Waals surface area (Å²) in [5.41, 5.74) is -0.835. The quantitative estimate of drug-likeness (QED) is 0.255. The number of carbonyl (C=O) groups is 3. The molecule has 0 radical (unpaired) electrons. The van der Waals surface area contributed by atoms with E-state index in [0.717, 1.165) is 42.8 Å². The number of pyridine rings is 1. The molecule has 230 valence electrons. The number of aliphatic carboxylic acids is 3. The lowest BCUT2D eigenvalue weighted by molar-refractivity contribution is -0.170. The molecular formula is C28H34F2N2O10. The van der Waals surface area contributed by atoms with Crippen molar-refractivity contribution in [1.82, 2.24) is 9.88 Å². The van der Waals surface area contributed by atoms with Gasteiger partial charge in [-0.3, -0.25) is 19.5 Å². The second-order valence-corrected chi connectivity index (χ2v) is 10.6. The predicted molar refractivity (Wildman–Crippen MR) is 141 cm³/mol. The van der Waals surface area contributed by atoms with Crippen molar-refractivity contribution in [3.63, 3.8) is 0 Å². The zero-order valence-electron chi connectivity index (χ0n) is 23.1. The molecule has 14 heteroatoms. The van der Waals surface area contributed by atoms with Crippen molar-refractivity contribution < 1.29 is 58.2 Å². The Hall–Kier alpha value is -3.88. The van der Waals surface area contributed by atoms with Crippen LogP contribution in [0.25, 0.3) is 0 Å². The van der Waals surface area contributed by atoms with Gasteiger partial charge in [0.25, 0.3) is 0 Å². The maximum Gasteiger partial charge on any atom is 0.387 e. The van der Waals surface area contributed by atoms with Gasteiger partial charge in [-0.05, 0) is 55.0 Å². The van der Waals surface area contributed by atoms with Crippen molar-refractivity contribution in [2.24, 2.45) is 11.8 Å². The summed E-state index contributed by atoms with van der Waals surface area (Å²) in [6.45, 7) is 1.43. The third-order valence-corrected chi connectivity index (χ3v) is 7.52. The number of methoxy groups -OCH3 is 1. The Morgan fingerprint density at radius 1 is 1.10 bits per heavy atom. The monoisotopic (exact) mass is 596 g/mol. The fourth-order valence-electron chi connectivity index (χ4n) is 5.53. The van der Waals surface area contributed by atoms with Crippen molar-refractivity contribution in [3.05, 3.63) is 53.3 Å². The van der Waals surface area contributed by atoms with Gasteiger partial charge in [0.15, 0.2) is 17.1 Å². The SMILES string of the molecule is COc1cc(CN2C[C@@H]3CC[C@@](O)(c4ccc(C)cn4)[C@@H]3C2)ccc1OC(F)F.O=C(O)CC(O)(CC(=O)O)C(=O)O. The fourth-order valence-corrected chi connectivity index (χ4v) is 5.53. The summed E-state index contributed by atoms with van der Waals surface area (Å²) in [5.74, 6) is -4.13. The van der Waals surface area contributed by atoms with E-state index in [2.05, 4.69) is 14.6 Å². The molecule has 0 unspecified atom stereocenters. The minimum absolute atomic E-state index is 0.0318. The van der Waals surface area contributed by atoms with E-state index in [4.69, 9.17) is 25.2 Å². The van der Waals surface area contributed by atoms with Crippen molar-refractivity contribution in [1.29, 1.82) is 0 Å². The second kappa shape index (κ2) is 13.4. The summed E-state index contributed by atoms with van der Waals surface area (Å²) >= 11 is 0. The Labute approximate surface area is 240 Å². The van der Waals surface area contributed by atoms with Crippen LogP contribution in [-0.2, 0) is 26.5 Å². The topological polar surface area (TPSA) is 187 Å². The molecule has 1 aliphatic heterocycles. The van der Waals surface area contributed by atoms with E-state index in [1.807, 2.05) is 25.3 Å². The molecule has 12 nitrogen and oxygen atoms in total. The molecule has 0 bridgehead atoms. The number of aromatic nitrogens is 1. The molecule has 1 aromatic heterocycles. The summed E-state index contributed by atoms with van der Waals surface area (Å²) in [6.07, 6.45) is 1.23. The summed E-state index contributed by atoms with van der Waals surface area (Å²) in [6, 6.07) is 8.97. The number of rotatable bonds is 11. The van der Waals surface area contributed by atoms with Crippen LogP contribution < -0.4 is 9.47 Å². The molecule has 3 atom stereocenters. The highest BCUT2D eigenvalue weighted by molar-refractivity contribution is 5.88. The minimum Gasteiger partial charge on any atom is -0.493 e. The third kappa shape index (κ3) is 7.89. The van der Waals surface area contributed by atoms with Crippen LogP contribution in [0.2, 0.25) is 0 Å². The Balaban J connectivity index is 0.000000316. The average Bonchev–Trinajstić information content (AvgIpc) is 3.44. The van der Waals surface area contributed by atoms with Gasteiger partial charge in [0, 0.05) is 31.7 Å². The molecule has 2 fully saturated rings. The largest absolute Gasteiger partial charge is 0.493 e. The molecule has 1 aliphatic carbocycles. The first-order valence-electron chi connectivity index (χ1n) is 13.1. The van der Waals surface area contributed by atoms with Crippen LogP contribution in [0.5, 0.6) is 11.5 Å². The van der Waals surface area contributed by atoms with Crippen LogP contribution in [0.1, 0.15) is 42.5 Å². The van der Waals surface area contributed by atoms with E-state index in [9.17, 15) is 28.3 Å². The Bertz CT molecular complexity index is 1260. The molecule has 1 aromatic carbocycles. The molecule has 1 saturated carbocycles. The number of aryl methyl sites for hydroxylation is 1. The van der Waals surface area contributed by atoms with E-state index < -0.39 is 48.6 Å². The summed E-state index contributed by atoms with van der Waals surface area (Å²) in [5, 5.41) is 45.2. The number of carboxylic acids is 3. The molecule has 5 N–H and O–H groups in total. The first kappa shape index (κ1) is 32.6. The highest BCUT2D eigenvalue weighted by Gasteiger charge is 2.53. The highest BCUT2D eigenvalue weighted by atomic mass is 19.3. The molecule has 0 spiro atoms. The smallest absolute Gasteiger partial charge is 0.387 e. The van der Waals surface area contributed by atoms with Gasteiger partial charge in [0.05, 0.1) is 25.6 Å². The third-order valence-electron chi connectivity index (χ3n) is 7.52. The van der Waals surface area contributed by atoms with Gasteiger partial charge in [-0.25, -0.2) is 4.79 Å². The van der Waals surface area contributed by atoms with Crippen molar-refractivity contribution in [3.8, 4) is 11.5 Å².